The van der Waals surface area contributed by atoms with E-state index in [0.29, 0.717) is 5.41 Å². The van der Waals surface area contributed by atoms with Gasteiger partial charge in [-0.05, 0) is 51.4 Å². The molecule has 0 amide bonds. The molecule has 0 atom stereocenters. The summed E-state index contributed by atoms with van der Waals surface area (Å²) in [5.74, 6) is 1.82. The summed E-state index contributed by atoms with van der Waals surface area (Å²) in [6.07, 6.45) is 7.02. The van der Waals surface area contributed by atoms with Crippen molar-refractivity contribution in [2.75, 3.05) is 33.9 Å². The summed E-state index contributed by atoms with van der Waals surface area (Å²) in [5.41, 5.74) is 2.62. The molecule has 1 saturated carbocycles. The molecule has 0 bridgehead atoms. The lowest BCUT2D eigenvalue weighted by Gasteiger charge is -2.42. The number of hydrogen-bond donors (Lipinski definition) is 2. The molecule has 1 aromatic rings. The van der Waals surface area contributed by atoms with E-state index in [1.54, 1.807) is 7.11 Å². The minimum absolute atomic E-state index is 0. The minimum Gasteiger partial charge on any atom is -0.385 e. The Morgan fingerprint density at radius 2 is 2.08 bits per heavy atom. The summed E-state index contributed by atoms with van der Waals surface area (Å²) < 4.78 is 10.5. The van der Waals surface area contributed by atoms with Gasteiger partial charge in [-0.15, -0.1) is 24.0 Å². The van der Waals surface area contributed by atoms with Crippen LogP contribution in [0, 0.1) is 19.3 Å². The van der Waals surface area contributed by atoms with Gasteiger partial charge in [-0.3, -0.25) is 4.99 Å². The fraction of sp³-hybridized carbons (Fsp3) is 0.778. The van der Waals surface area contributed by atoms with Gasteiger partial charge in [-0.1, -0.05) is 11.6 Å². The Hall–Kier alpha value is -0.830. The third kappa shape index (κ3) is 6.44. The topological polar surface area (TPSA) is 71.7 Å². The molecule has 6 nitrogen and oxygen atoms in total. The fourth-order valence-corrected chi connectivity index (χ4v) is 3.33. The van der Waals surface area contributed by atoms with E-state index in [2.05, 4.69) is 20.8 Å². The molecule has 1 heterocycles. The molecule has 0 aliphatic heterocycles. The normalized spacial score (nSPS) is 16.1. The van der Waals surface area contributed by atoms with Crippen molar-refractivity contribution in [3.8, 4) is 0 Å². The molecular weight excluding hydrogens is 431 g/mol. The predicted molar refractivity (Wildman–Crippen MR) is 112 cm³/mol. The van der Waals surface area contributed by atoms with Gasteiger partial charge >= 0.3 is 0 Å². The van der Waals surface area contributed by atoms with Gasteiger partial charge in [-0.25, -0.2) is 0 Å². The number of aryl methyl sites for hydroxylation is 2. The molecule has 0 saturated heterocycles. The van der Waals surface area contributed by atoms with Crippen molar-refractivity contribution in [2.45, 2.75) is 52.4 Å². The fourth-order valence-electron chi connectivity index (χ4n) is 3.33. The average molecular weight is 464 g/mol. The lowest BCUT2D eigenvalue weighted by Crippen LogP contribution is -2.47. The molecule has 25 heavy (non-hydrogen) atoms. The lowest BCUT2D eigenvalue weighted by molar-refractivity contribution is 0.0732. The quantitative estimate of drug-likeness (QED) is 0.254. The number of aromatic nitrogens is 1. The minimum atomic E-state index is 0. The number of nitrogens with one attached hydrogen (secondary N) is 2. The second-order valence-electron chi connectivity index (χ2n) is 6.86. The second-order valence-corrected chi connectivity index (χ2v) is 6.86. The molecule has 144 valence electrons. The molecule has 1 aliphatic rings. The Morgan fingerprint density at radius 3 is 2.60 bits per heavy atom. The molecular formula is C18H33IN4O2. The maximum atomic E-state index is 5.25. The van der Waals surface area contributed by atoms with Gasteiger partial charge < -0.3 is 19.9 Å². The highest BCUT2D eigenvalue weighted by molar-refractivity contribution is 14.0. The number of rotatable bonds is 9. The van der Waals surface area contributed by atoms with Gasteiger partial charge in [0.2, 0.25) is 0 Å². The van der Waals surface area contributed by atoms with Crippen LogP contribution >= 0.6 is 24.0 Å². The number of aliphatic imine (C=N–C) groups is 1. The highest BCUT2D eigenvalue weighted by Crippen LogP contribution is 2.43. The molecule has 2 rings (SSSR count). The molecule has 2 N–H and O–H groups in total. The first-order valence-corrected chi connectivity index (χ1v) is 8.95. The number of hydrogen-bond acceptors (Lipinski definition) is 4. The first-order chi connectivity index (χ1) is 11.6. The highest BCUT2D eigenvalue weighted by atomic mass is 127. The van der Waals surface area contributed by atoms with E-state index < -0.39 is 0 Å². The standard InChI is InChI=1S/C18H32N4O2.HI/c1-14-16(15(2)24-22-14)7-5-11-20-17(19-3)21-13-18(8-6-9-18)10-12-23-4;/h5-13H2,1-4H3,(H2,19,20,21);1H. The molecule has 1 fully saturated rings. The first-order valence-electron chi connectivity index (χ1n) is 8.95. The first kappa shape index (κ1) is 22.2. The summed E-state index contributed by atoms with van der Waals surface area (Å²) in [7, 11) is 3.60. The monoisotopic (exact) mass is 464 g/mol. The number of methoxy groups -OCH3 is 1. The van der Waals surface area contributed by atoms with Crippen LogP contribution in [0.5, 0.6) is 0 Å². The third-order valence-electron chi connectivity index (χ3n) is 5.18. The Kier molecular flexibility index (Phi) is 9.78. The van der Waals surface area contributed by atoms with E-state index in [0.717, 1.165) is 56.4 Å². The van der Waals surface area contributed by atoms with Crippen LogP contribution in [0.15, 0.2) is 9.52 Å². The van der Waals surface area contributed by atoms with Crippen LogP contribution in [0.4, 0.5) is 0 Å². The van der Waals surface area contributed by atoms with E-state index in [1.165, 1.54) is 24.8 Å². The number of nitrogens with zero attached hydrogens (tertiary/aromatic N) is 2. The van der Waals surface area contributed by atoms with Crippen LogP contribution in [-0.2, 0) is 11.2 Å². The van der Waals surface area contributed by atoms with Crippen molar-refractivity contribution in [3.63, 3.8) is 0 Å². The van der Waals surface area contributed by atoms with Crippen molar-refractivity contribution in [2.24, 2.45) is 10.4 Å². The van der Waals surface area contributed by atoms with Gasteiger partial charge in [0.15, 0.2) is 5.96 Å². The zero-order valence-corrected chi connectivity index (χ0v) is 18.3. The van der Waals surface area contributed by atoms with E-state index in [-0.39, 0.29) is 24.0 Å². The summed E-state index contributed by atoms with van der Waals surface area (Å²) in [5, 5.41) is 10.9. The van der Waals surface area contributed by atoms with Gasteiger partial charge in [-0.2, -0.15) is 0 Å². The van der Waals surface area contributed by atoms with Crippen LogP contribution in [0.3, 0.4) is 0 Å². The Morgan fingerprint density at radius 1 is 1.32 bits per heavy atom. The molecule has 0 spiro atoms. The van der Waals surface area contributed by atoms with E-state index in [4.69, 9.17) is 9.26 Å². The Bertz CT molecular complexity index is 522. The SMILES string of the molecule is CN=C(NCCCc1c(C)noc1C)NCC1(CCOC)CCC1.I. The summed E-state index contributed by atoms with van der Waals surface area (Å²) >= 11 is 0. The van der Waals surface area contributed by atoms with E-state index >= 15 is 0 Å². The van der Waals surface area contributed by atoms with Gasteiger partial charge in [0, 0.05) is 39.4 Å². The lowest BCUT2D eigenvalue weighted by atomic mass is 9.67. The van der Waals surface area contributed by atoms with Crippen molar-refractivity contribution in [1.29, 1.82) is 0 Å². The number of ether oxygens (including phenoxy) is 1. The highest BCUT2D eigenvalue weighted by Gasteiger charge is 2.36. The molecule has 0 unspecified atom stereocenters. The van der Waals surface area contributed by atoms with Gasteiger partial charge in [0.25, 0.3) is 0 Å². The van der Waals surface area contributed by atoms with E-state index in [1.807, 2.05) is 20.9 Å². The largest absolute Gasteiger partial charge is 0.385 e. The van der Waals surface area contributed by atoms with Crippen molar-refractivity contribution in [3.05, 3.63) is 17.0 Å². The maximum absolute atomic E-state index is 5.25. The van der Waals surface area contributed by atoms with Crippen LogP contribution in [0.1, 0.15) is 49.1 Å². The number of guanidine groups is 1. The van der Waals surface area contributed by atoms with Crippen molar-refractivity contribution in [1.82, 2.24) is 15.8 Å². The Balaban J connectivity index is 0.00000312. The zero-order chi connectivity index (χ0) is 17.4. The summed E-state index contributed by atoms with van der Waals surface area (Å²) in [6.45, 7) is 6.67. The van der Waals surface area contributed by atoms with Crippen LogP contribution in [0.2, 0.25) is 0 Å². The maximum Gasteiger partial charge on any atom is 0.190 e. The number of halogens is 1. The predicted octanol–water partition coefficient (Wildman–Crippen LogP) is 3.21. The molecule has 0 aromatic carbocycles. The second kappa shape index (κ2) is 11.0. The van der Waals surface area contributed by atoms with Gasteiger partial charge in [0.1, 0.15) is 5.76 Å². The van der Waals surface area contributed by atoms with E-state index in [9.17, 15) is 0 Å². The third-order valence-corrected chi connectivity index (χ3v) is 5.18. The smallest absolute Gasteiger partial charge is 0.190 e. The van der Waals surface area contributed by atoms with Gasteiger partial charge in [0.05, 0.1) is 5.69 Å². The zero-order valence-electron chi connectivity index (χ0n) is 16.0. The van der Waals surface area contributed by atoms with Crippen LogP contribution in [-0.4, -0.2) is 45.0 Å². The van der Waals surface area contributed by atoms with Crippen LogP contribution < -0.4 is 10.6 Å². The summed E-state index contributed by atoms with van der Waals surface area (Å²) in [4.78, 5) is 4.33. The molecule has 1 aliphatic carbocycles. The average Bonchev–Trinajstić information content (AvgIpc) is 2.86. The Labute approximate surface area is 168 Å². The molecule has 1 aromatic heterocycles. The summed E-state index contributed by atoms with van der Waals surface area (Å²) in [6, 6.07) is 0. The van der Waals surface area contributed by atoms with Crippen molar-refractivity contribution >= 4 is 29.9 Å². The van der Waals surface area contributed by atoms with Crippen LogP contribution in [0.25, 0.3) is 0 Å². The molecule has 7 heteroatoms. The van der Waals surface area contributed by atoms with Crippen molar-refractivity contribution < 1.29 is 9.26 Å². The molecule has 0 radical (unpaired) electrons.